The molecule has 32 heavy (non-hydrogen) atoms. The molecule has 2 aromatic carbocycles. The zero-order chi connectivity index (χ0) is 22.8. The van der Waals surface area contributed by atoms with Gasteiger partial charge in [0.25, 0.3) is 0 Å². The smallest absolute Gasteiger partial charge is 0.341 e. The van der Waals surface area contributed by atoms with Crippen LogP contribution >= 0.6 is 23.2 Å². The summed E-state index contributed by atoms with van der Waals surface area (Å²) in [5, 5.41) is 0.957. The van der Waals surface area contributed by atoms with Crippen LogP contribution in [0.2, 0.25) is 10.0 Å². The van der Waals surface area contributed by atoms with E-state index in [0.29, 0.717) is 26.7 Å². The quantitative estimate of drug-likeness (QED) is 0.263. The Morgan fingerprint density at radius 3 is 1.91 bits per heavy atom. The van der Waals surface area contributed by atoms with Crippen LogP contribution in [0.1, 0.15) is 49.3 Å². The van der Waals surface area contributed by atoms with Crippen molar-refractivity contribution in [3.8, 4) is 0 Å². The molecule has 7 heteroatoms. The Hall–Kier alpha value is -3.41. The van der Waals surface area contributed by atoms with E-state index in [1.54, 1.807) is 84.3 Å². The second kappa shape index (κ2) is 8.99. The molecule has 0 N–H and O–H groups in total. The van der Waals surface area contributed by atoms with E-state index in [9.17, 15) is 14.4 Å². The number of fused-ring (bicyclic) bond motifs is 1. The average molecular weight is 466 g/mol. The van der Waals surface area contributed by atoms with Gasteiger partial charge in [0.1, 0.15) is 11.3 Å². The first kappa shape index (κ1) is 21.8. The number of carbonyl (C=O) groups excluding carboxylic acids is 3. The normalized spacial score (nSPS) is 10.8. The number of aromatic nitrogens is 1. The van der Waals surface area contributed by atoms with Crippen LogP contribution in [0.3, 0.4) is 0 Å². The molecule has 4 aromatic rings. The number of benzene rings is 2. The van der Waals surface area contributed by atoms with Gasteiger partial charge in [0.15, 0.2) is 5.78 Å². The van der Waals surface area contributed by atoms with Gasteiger partial charge in [0.2, 0.25) is 5.78 Å². The van der Waals surface area contributed by atoms with Crippen LogP contribution in [0.4, 0.5) is 0 Å². The van der Waals surface area contributed by atoms with Gasteiger partial charge in [-0.15, -0.1) is 0 Å². The summed E-state index contributed by atoms with van der Waals surface area (Å²) in [6.07, 6.45) is 1.64. The molecule has 2 aromatic heterocycles. The molecule has 0 saturated carbocycles. The molecule has 0 amide bonds. The lowest BCUT2D eigenvalue weighted by atomic mass is 9.97. The van der Waals surface area contributed by atoms with E-state index >= 15 is 0 Å². The lowest BCUT2D eigenvalue weighted by Crippen LogP contribution is -2.16. The van der Waals surface area contributed by atoms with E-state index in [2.05, 4.69) is 0 Å². The third-order valence-corrected chi connectivity index (χ3v) is 5.48. The van der Waals surface area contributed by atoms with Crippen molar-refractivity contribution < 1.29 is 19.1 Å². The van der Waals surface area contributed by atoms with Gasteiger partial charge in [-0.05, 0) is 67.6 Å². The van der Waals surface area contributed by atoms with Gasteiger partial charge in [-0.1, -0.05) is 29.3 Å². The highest BCUT2D eigenvalue weighted by Gasteiger charge is 2.32. The number of carbonyl (C=O) groups is 3. The Morgan fingerprint density at radius 2 is 1.34 bits per heavy atom. The van der Waals surface area contributed by atoms with E-state index in [1.165, 1.54) is 0 Å². The highest BCUT2D eigenvalue weighted by atomic mass is 35.5. The molecule has 5 nitrogen and oxygen atoms in total. The molecule has 0 bridgehead atoms. The van der Waals surface area contributed by atoms with Gasteiger partial charge in [0, 0.05) is 27.4 Å². The van der Waals surface area contributed by atoms with Crippen molar-refractivity contribution in [2.45, 2.75) is 6.92 Å². The third kappa shape index (κ3) is 3.93. The first-order valence-corrected chi connectivity index (χ1v) is 10.6. The van der Waals surface area contributed by atoms with Crippen molar-refractivity contribution in [2.75, 3.05) is 6.61 Å². The summed E-state index contributed by atoms with van der Waals surface area (Å²) < 4.78 is 6.80. The molecule has 0 saturated heterocycles. The number of hydrogen-bond acceptors (Lipinski definition) is 4. The molecule has 0 unspecified atom stereocenters. The minimum Gasteiger partial charge on any atom is -0.462 e. The topological polar surface area (TPSA) is 64.8 Å². The van der Waals surface area contributed by atoms with Gasteiger partial charge in [-0.25, -0.2) is 4.79 Å². The number of rotatable bonds is 6. The fourth-order valence-corrected chi connectivity index (χ4v) is 3.80. The molecule has 160 valence electrons. The summed E-state index contributed by atoms with van der Waals surface area (Å²) >= 11 is 11.9. The predicted octanol–water partition coefficient (Wildman–Crippen LogP) is 5.88. The number of ketones is 2. The van der Waals surface area contributed by atoms with Crippen LogP contribution in [0, 0.1) is 0 Å². The monoisotopic (exact) mass is 465 g/mol. The highest BCUT2D eigenvalue weighted by Crippen LogP contribution is 2.30. The number of hydrogen-bond donors (Lipinski definition) is 0. The lowest BCUT2D eigenvalue weighted by molar-refractivity contribution is 0.0521. The second-order valence-corrected chi connectivity index (χ2v) is 7.82. The fourth-order valence-electron chi connectivity index (χ4n) is 3.55. The first-order valence-electron chi connectivity index (χ1n) is 9.83. The molecule has 4 rings (SSSR count). The Kier molecular flexibility index (Phi) is 6.12. The lowest BCUT2D eigenvalue weighted by Gasteiger charge is -2.07. The van der Waals surface area contributed by atoms with Gasteiger partial charge < -0.3 is 9.14 Å². The molecule has 0 aliphatic heterocycles. The van der Waals surface area contributed by atoms with Crippen molar-refractivity contribution in [3.63, 3.8) is 0 Å². The van der Waals surface area contributed by atoms with Crippen molar-refractivity contribution >= 4 is 46.3 Å². The van der Waals surface area contributed by atoms with Crippen LogP contribution in [-0.2, 0) is 4.74 Å². The predicted molar refractivity (Wildman–Crippen MR) is 123 cm³/mol. The standard InChI is InChI=1S/C25H17Cl2NO4/c1-2-32-25(31)21-20(23(29)15-6-10-17(26)11-7-15)19-5-3-4-14-28(19)22(21)24(30)16-8-12-18(27)13-9-16/h3-14H,2H2,1H3. The summed E-state index contributed by atoms with van der Waals surface area (Å²) in [4.78, 5) is 40.1. The number of ether oxygens (including phenoxy) is 1. The van der Waals surface area contributed by atoms with E-state index in [1.807, 2.05) is 0 Å². The van der Waals surface area contributed by atoms with Crippen molar-refractivity contribution in [1.82, 2.24) is 4.40 Å². The maximum atomic E-state index is 13.5. The van der Waals surface area contributed by atoms with E-state index < -0.39 is 17.5 Å². The summed E-state index contributed by atoms with van der Waals surface area (Å²) in [6, 6.07) is 17.8. The summed E-state index contributed by atoms with van der Waals surface area (Å²) in [7, 11) is 0. The first-order chi connectivity index (χ1) is 15.4. The Bertz CT molecular complexity index is 1240. The third-order valence-electron chi connectivity index (χ3n) is 4.98. The zero-order valence-corrected chi connectivity index (χ0v) is 18.5. The fraction of sp³-hybridized carbons (Fsp3) is 0.0800. The molecule has 0 aliphatic rings. The minimum atomic E-state index is -0.745. The van der Waals surface area contributed by atoms with E-state index in [4.69, 9.17) is 27.9 Å². The Balaban J connectivity index is 2.01. The van der Waals surface area contributed by atoms with Gasteiger partial charge in [-0.3, -0.25) is 9.59 Å². The number of esters is 1. The van der Waals surface area contributed by atoms with E-state index in [-0.39, 0.29) is 23.4 Å². The van der Waals surface area contributed by atoms with Crippen LogP contribution in [0.25, 0.3) is 5.52 Å². The number of halogens is 2. The van der Waals surface area contributed by atoms with Crippen LogP contribution < -0.4 is 0 Å². The Labute approximate surface area is 194 Å². The maximum absolute atomic E-state index is 13.5. The molecular formula is C25H17Cl2NO4. The van der Waals surface area contributed by atoms with E-state index in [0.717, 1.165) is 0 Å². The summed E-state index contributed by atoms with van der Waals surface area (Å²) in [5.41, 5.74) is 1.17. The second-order valence-electron chi connectivity index (χ2n) is 6.95. The summed E-state index contributed by atoms with van der Waals surface area (Å²) in [5.74, 6) is -1.59. The molecule has 2 heterocycles. The highest BCUT2D eigenvalue weighted by molar-refractivity contribution is 6.31. The molecule has 0 fully saturated rings. The SMILES string of the molecule is CCOC(=O)c1c(C(=O)c2ccc(Cl)cc2)c2ccccn2c1C(=O)c1ccc(Cl)cc1. The number of nitrogens with zero attached hydrogens (tertiary/aromatic N) is 1. The van der Waals surface area contributed by atoms with Gasteiger partial charge >= 0.3 is 5.97 Å². The number of pyridine rings is 1. The largest absolute Gasteiger partial charge is 0.462 e. The van der Waals surface area contributed by atoms with Gasteiger partial charge in [0.05, 0.1) is 17.7 Å². The molecule has 0 spiro atoms. The molecule has 0 aliphatic carbocycles. The van der Waals surface area contributed by atoms with Gasteiger partial charge in [-0.2, -0.15) is 0 Å². The molecule has 0 radical (unpaired) electrons. The zero-order valence-electron chi connectivity index (χ0n) is 17.0. The van der Waals surface area contributed by atoms with Crippen molar-refractivity contribution in [3.05, 3.63) is 111 Å². The average Bonchev–Trinajstić information content (AvgIpc) is 3.14. The molecule has 0 atom stereocenters. The van der Waals surface area contributed by atoms with Crippen LogP contribution in [0.15, 0.2) is 72.9 Å². The van der Waals surface area contributed by atoms with Crippen LogP contribution in [0.5, 0.6) is 0 Å². The molecular weight excluding hydrogens is 449 g/mol. The van der Waals surface area contributed by atoms with Crippen LogP contribution in [-0.4, -0.2) is 28.5 Å². The Morgan fingerprint density at radius 1 is 0.781 bits per heavy atom. The minimum absolute atomic E-state index is 0.0543. The summed E-state index contributed by atoms with van der Waals surface area (Å²) in [6.45, 7) is 1.75. The van der Waals surface area contributed by atoms with Crippen molar-refractivity contribution in [2.24, 2.45) is 0 Å². The maximum Gasteiger partial charge on any atom is 0.341 e. The van der Waals surface area contributed by atoms with Crippen molar-refractivity contribution in [1.29, 1.82) is 0 Å².